The van der Waals surface area contributed by atoms with E-state index in [1.54, 1.807) is 0 Å². The van der Waals surface area contributed by atoms with Gasteiger partial charge in [0.15, 0.2) is 5.13 Å². The highest BCUT2D eigenvalue weighted by molar-refractivity contribution is 7.18. The molecule has 4 rings (SSSR count). The molecule has 8 heteroatoms. The molecule has 1 aliphatic rings. The lowest BCUT2D eigenvalue weighted by Crippen LogP contribution is -2.45. The van der Waals surface area contributed by atoms with Gasteiger partial charge in [-0.15, -0.1) is 0 Å². The van der Waals surface area contributed by atoms with Crippen molar-refractivity contribution in [1.29, 1.82) is 0 Å². The van der Waals surface area contributed by atoms with E-state index in [1.807, 2.05) is 54.6 Å². The molecule has 1 aliphatic heterocycles. The van der Waals surface area contributed by atoms with Gasteiger partial charge in [0.1, 0.15) is 23.1 Å². The number of anilines is 3. The number of carbonyl (C=O) groups excluding carboxylic acids is 1. The van der Waals surface area contributed by atoms with Crippen LogP contribution in [0.5, 0.6) is 5.75 Å². The minimum Gasteiger partial charge on any atom is -0.489 e. The Balaban J connectivity index is 1.33. The largest absolute Gasteiger partial charge is 0.489 e. The predicted octanol–water partition coefficient (Wildman–Crippen LogP) is 3.53. The molecule has 30 heavy (non-hydrogen) atoms. The van der Waals surface area contributed by atoms with E-state index in [0.717, 1.165) is 42.9 Å². The van der Waals surface area contributed by atoms with Crippen molar-refractivity contribution >= 4 is 33.9 Å². The van der Waals surface area contributed by atoms with E-state index >= 15 is 0 Å². The van der Waals surface area contributed by atoms with Crippen molar-refractivity contribution in [3.63, 3.8) is 0 Å². The molecule has 0 bridgehead atoms. The first-order valence-corrected chi connectivity index (χ1v) is 10.8. The van der Waals surface area contributed by atoms with Gasteiger partial charge in [-0.2, -0.15) is 0 Å². The van der Waals surface area contributed by atoms with Crippen LogP contribution >= 0.6 is 11.3 Å². The number of aromatic nitrogens is 1. The summed E-state index contributed by atoms with van der Waals surface area (Å²) >= 11 is 1.25. The van der Waals surface area contributed by atoms with Crippen LogP contribution in [0.25, 0.3) is 0 Å². The van der Waals surface area contributed by atoms with Gasteiger partial charge in [-0.1, -0.05) is 41.7 Å². The van der Waals surface area contributed by atoms with E-state index in [9.17, 15) is 4.79 Å². The van der Waals surface area contributed by atoms with E-state index in [2.05, 4.69) is 20.9 Å². The van der Waals surface area contributed by atoms with Crippen LogP contribution < -0.4 is 26.4 Å². The molecule has 1 aromatic heterocycles. The quantitative estimate of drug-likeness (QED) is 0.464. The lowest BCUT2D eigenvalue weighted by molar-refractivity contribution is 0.0935. The fourth-order valence-corrected chi connectivity index (χ4v) is 4.08. The van der Waals surface area contributed by atoms with Crippen LogP contribution in [0.2, 0.25) is 0 Å². The van der Waals surface area contributed by atoms with Crippen LogP contribution in [0, 0.1) is 0 Å². The maximum absolute atomic E-state index is 12.5. The van der Waals surface area contributed by atoms with E-state index in [1.165, 1.54) is 11.3 Å². The smallest absolute Gasteiger partial charge is 0.265 e. The molecule has 1 atom stereocenters. The fraction of sp³-hybridized carbons (Fsp3) is 0.273. The molecule has 0 spiro atoms. The molecule has 2 aromatic carbocycles. The highest BCUT2D eigenvalue weighted by Crippen LogP contribution is 2.28. The molecule has 3 aromatic rings. The zero-order chi connectivity index (χ0) is 20.8. The van der Waals surface area contributed by atoms with E-state index in [4.69, 9.17) is 10.5 Å². The number of thiazole rings is 1. The van der Waals surface area contributed by atoms with Gasteiger partial charge in [0.05, 0.1) is 0 Å². The van der Waals surface area contributed by atoms with Gasteiger partial charge in [0.25, 0.3) is 5.91 Å². The van der Waals surface area contributed by atoms with Crippen molar-refractivity contribution in [2.75, 3.05) is 24.1 Å². The average Bonchev–Trinajstić information content (AvgIpc) is 3.15. The van der Waals surface area contributed by atoms with Crippen molar-refractivity contribution < 1.29 is 9.53 Å². The molecule has 156 valence electrons. The summed E-state index contributed by atoms with van der Waals surface area (Å²) in [5.74, 6) is 0.854. The first-order valence-electron chi connectivity index (χ1n) is 9.99. The summed E-state index contributed by atoms with van der Waals surface area (Å²) in [5, 5.41) is 10.1. The third-order valence-corrected chi connectivity index (χ3v) is 5.83. The zero-order valence-corrected chi connectivity index (χ0v) is 17.4. The maximum atomic E-state index is 12.5. The summed E-state index contributed by atoms with van der Waals surface area (Å²) in [5.41, 5.74) is 7.95. The first-order chi connectivity index (χ1) is 14.7. The second-order valence-electron chi connectivity index (χ2n) is 7.17. The summed E-state index contributed by atoms with van der Waals surface area (Å²) in [6.45, 7) is 2.30. The second-order valence-corrected chi connectivity index (χ2v) is 8.17. The van der Waals surface area contributed by atoms with Crippen LogP contribution in [0.3, 0.4) is 0 Å². The van der Waals surface area contributed by atoms with E-state index < -0.39 is 0 Å². The number of nitrogens with two attached hydrogens (primary N) is 1. The second kappa shape index (κ2) is 9.60. The van der Waals surface area contributed by atoms with Crippen LogP contribution in [-0.2, 0) is 6.61 Å². The fourth-order valence-electron chi connectivity index (χ4n) is 3.27. The predicted molar refractivity (Wildman–Crippen MR) is 120 cm³/mol. The molecule has 7 nitrogen and oxygen atoms in total. The van der Waals surface area contributed by atoms with Crippen LogP contribution in [0.4, 0.5) is 16.6 Å². The Labute approximate surface area is 179 Å². The normalized spacial score (nSPS) is 16.1. The Morgan fingerprint density at radius 2 is 2.00 bits per heavy atom. The van der Waals surface area contributed by atoms with Crippen molar-refractivity contribution in [3.05, 3.63) is 65.0 Å². The Morgan fingerprint density at radius 3 is 2.73 bits per heavy atom. The standard InChI is InChI=1S/C22H25N5O2S/c23-20-19(21(28)25-17-7-4-12-24-13-17)30-22(27-20)26-16-8-10-18(11-9-16)29-14-15-5-2-1-3-6-15/h1-3,5-6,8-11,17,24H,4,7,12-14,23H2,(H,25,28)(H,26,27). The van der Waals surface area contributed by atoms with Crippen molar-refractivity contribution in [1.82, 2.24) is 15.6 Å². The molecule has 1 amide bonds. The number of amides is 1. The summed E-state index contributed by atoms with van der Waals surface area (Å²) in [7, 11) is 0. The monoisotopic (exact) mass is 423 g/mol. The van der Waals surface area contributed by atoms with Crippen LogP contribution in [0.1, 0.15) is 28.1 Å². The van der Waals surface area contributed by atoms with Crippen molar-refractivity contribution in [2.24, 2.45) is 0 Å². The van der Waals surface area contributed by atoms with Crippen molar-refractivity contribution in [3.8, 4) is 5.75 Å². The molecule has 0 aliphatic carbocycles. The minimum absolute atomic E-state index is 0.132. The van der Waals surface area contributed by atoms with Crippen molar-refractivity contribution in [2.45, 2.75) is 25.5 Å². The summed E-state index contributed by atoms with van der Waals surface area (Å²) in [6.07, 6.45) is 2.03. The number of ether oxygens (including phenoxy) is 1. The van der Waals surface area contributed by atoms with Gasteiger partial charge in [0.2, 0.25) is 0 Å². The van der Waals surface area contributed by atoms with E-state index in [0.29, 0.717) is 16.6 Å². The number of carbonyl (C=O) groups is 1. The van der Waals surface area contributed by atoms with Gasteiger partial charge < -0.3 is 26.4 Å². The van der Waals surface area contributed by atoms with Gasteiger partial charge in [-0.05, 0) is 49.2 Å². The highest BCUT2D eigenvalue weighted by Gasteiger charge is 2.21. The zero-order valence-electron chi connectivity index (χ0n) is 16.6. The summed E-state index contributed by atoms with van der Waals surface area (Å²) in [4.78, 5) is 17.3. The molecule has 0 saturated carbocycles. The Bertz CT molecular complexity index is 969. The number of nitrogens with zero attached hydrogens (tertiary/aromatic N) is 1. The summed E-state index contributed by atoms with van der Waals surface area (Å²) in [6, 6.07) is 17.8. The maximum Gasteiger partial charge on any atom is 0.265 e. The van der Waals surface area contributed by atoms with Crippen LogP contribution in [-0.4, -0.2) is 30.0 Å². The molecule has 2 heterocycles. The lowest BCUT2D eigenvalue weighted by atomic mass is 10.1. The molecular weight excluding hydrogens is 398 g/mol. The molecule has 5 N–H and O–H groups in total. The number of nitrogens with one attached hydrogen (secondary N) is 3. The summed E-state index contributed by atoms with van der Waals surface area (Å²) < 4.78 is 5.81. The topological polar surface area (TPSA) is 101 Å². The number of benzene rings is 2. The molecular formula is C22H25N5O2S. The third-order valence-electron chi connectivity index (χ3n) is 4.85. The number of hydrogen-bond acceptors (Lipinski definition) is 7. The molecule has 1 saturated heterocycles. The van der Waals surface area contributed by atoms with E-state index in [-0.39, 0.29) is 17.8 Å². The molecule has 1 fully saturated rings. The third kappa shape index (κ3) is 5.28. The Morgan fingerprint density at radius 1 is 1.20 bits per heavy atom. The molecule has 1 unspecified atom stereocenters. The highest BCUT2D eigenvalue weighted by atomic mass is 32.1. The average molecular weight is 424 g/mol. The SMILES string of the molecule is Nc1nc(Nc2ccc(OCc3ccccc3)cc2)sc1C(=O)NC1CCCNC1. The lowest BCUT2D eigenvalue weighted by Gasteiger charge is -2.23. The Kier molecular flexibility index (Phi) is 6.46. The first kappa shape index (κ1) is 20.2. The van der Waals surface area contributed by atoms with Gasteiger partial charge in [-0.3, -0.25) is 4.79 Å². The molecule has 0 radical (unpaired) electrons. The van der Waals surface area contributed by atoms with Gasteiger partial charge >= 0.3 is 0 Å². The Hall–Kier alpha value is -3.10. The van der Waals surface area contributed by atoms with Gasteiger partial charge in [0, 0.05) is 18.3 Å². The van der Waals surface area contributed by atoms with Crippen LogP contribution in [0.15, 0.2) is 54.6 Å². The number of rotatable bonds is 7. The van der Waals surface area contributed by atoms with Gasteiger partial charge in [-0.25, -0.2) is 4.98 Å². The number of nitrogen functional groups attached to an aromatic ring is 1. The number of piperidine rings is 1. The number of hydrogen-bond donors (Lipinski definition) is 4. The minimum atomic E-state index is -0.170.